The SMILES string of the molecule is CCCCCCCC/C=C\CCCCCCCC(=O)NC(=N)N(C)CC(=O)O.CCCCCCCCCCCCCCCCCCN. The zero-order valence-corrected chi connectivity index (χ0v) is 31.6. The summed E-state index contributed by atoms with van der Waals surface area (Å²) < 4.78 is 0. The first-order valence-electron chi connectivity index (χ1n) is 20.0. The van der Waals surface area contributed by atoms with Crippen LogP contribution in [-0.2, 0) is 9.59 Å². The van der Waals surface area contributed by atoms with Crippen LogP contribution in [0.5, 0.6) is 0 Å². The molecule has 0 spiro atoms. The summed E-state index contributed by atoms with van der Waals surface area (Å²) in [5, 5.41) is 18.7. The van der Waals surface area contributed by atoms with Crippen molar-refractivity contribution in [1.29, 1.82) is 5.41 Å². The van der Waals surface area contributed by atoms with E-state index in [0.717, 1.165) is 32.2 Å². The molecule has 0 aliphatic carbocycles. The molecular weight excluding hydrogens is 584 g/mol. The number of allylic oxidation sites excluding steroid dienone is 2. The van der Waals surface area contributed by atoms with Gasteiger partial charge in [0, 0.05) is 13.5 Å². The molecule has 7 nitrogen and oxygen atoms in total. The molecule has 0 saturated carbocycles. The van der Waals surface area contributed by atoms with E-state index in [1.807, 2.05) is 0 Å². The fourth-order valence-electron chi connectivity index (χ4n) is 5.62. The van der Waals surface area contributed by atoms with Gasteiger partial charge in [0.15, 0.2) is 5.96 Å². The molecule has 0 aromatic rings. The number of amides is 1. The van der Waals surface area contributed by atoms with Crippen LogP contribution in [0.4, 0.5) is 0 Å². The third-order valence-electron chi connectivity index (χ3n) is 8.74. The second-order valence-electron chi connectivity index (χ2n) is 13.6. The van der Waals surface area contributed by atoms with E-state index in [0.29, 0.717) is 6.42 Å². The van der Waals surface area contributed by atoms with Gasteiger partial charge < -0.3 is 15.7 Å². The summed E-state index contributed by atoms with van der Waals surface area (Å²) >= 11 is 0. The standard InChI is InChI=1S/C22H41N3O3.C18H39N/c1-3-4-5-6-7-8-9-10-11-12-13-14-15-16-17-18-20(26)24-22(23)25(2)19-21(27)28;1-2-3-4-5-6-7-8-9-10-11-12-13-14-15-16-17-18-19/h10-11H,3-9,12-19H2,1-2H3,(H,27,28)(H2,23,24,26);2-19H2,1H3/b11-10-;. The van der Waals surface area contributed by atoms with Crippen LogP contribution in [0.1, 0.15) is 206 Å². The smallest absolute Gasteiger partial charge is 0.323 e. The second kappa shape index (κ2) is 40.3. The molecule has 0 bridgehead atoms. The van der Waals surface area contributed by atoms with Crippen LogP contribution in [0.15, 0.2) is 12.2 Å². The molecular formula is C40H80N4O3. The van der Waals surface area contributed by atoms with Crippen LogP contribution in [0.25, 0.3) is 0 Å². The molecule has 0 fully saturated rings. The predicted octanol–water partition coefficient (Wildman–Crippen LogP) is 11.3. The van der Waals surface area contributed by atoms with Gasteiger partial charge in [-0.3, -0.25) is 20.3 Å². The molecule has 0 aromatic heterocycles. The maximum Gasteiger partial charge on any atom is 0.323 e. The first-order chi connectivity index (χ1) is 22.9. The van der Waals surface area contributed by atoms with Gasteiger partial charge in [0.2, 0.25) is 5.91 Å². The van der Waals surface area contributed by atoms with E-state index in [-0.39, 0.29) is 18.4 Å². The maximum atomic E-state index is 11.7. The van der Waals surface area contributed by atoms with Crippen molar-refractivity contribution in [3.63, 3.8) is 0 Å². The van der Waals surface area contributed by atoms with E-state index >= 15 is 0 Å². The van der Waals surface area contributed by atoms with Gasteiger partial charge in [0.25, 0.3) is 0 Å². The molecule has 7 heteroatoms. The zero-order valence-electron chi connectivity index (χ0n) is 31.6. The number of guanidine groups is 1. The molecule has 0 atom stereocenters. The van der Waals surface area contributed by atoms with Crippen molar-refractivity contribution in [3.8, 4) is 0 Å². The number of carboxylic acid groups (broad SMARTS) is 1. The van der Waals surface area contributed by atoms with E-state index < -0.39 is 5.97 Å². The Morgan fingerprint density at radius 3 is 1.30 bits per heavy atom. The van der Waals surface area contributed by atoms with Gasteiger partial charge in [-0.1, -0.05) is 174 Å². The Kier molecular flexibility index (Phi) is 40.5. The number of carboxylic acids is 1. The van der Waals surface area contributed by atoms with Crippen molar-refractivity contribution in [1.82, 2.24) is 10.2 Å². The summed E-state index contributed by atoms with van der Waals surface area (Å²) in [6, 6.07) is 0. The first kappa shape index (κ1) is 47.2. The molecule has 1 amide bonds. The molecule has 0 heterocycles. The minimum absolute atomic E-state index is 0.167. The Hall–Kier alpha value is -1.89. The molecule has 5 N–H and O–H groups in total. The van der Waals surface area contributed by atoms with E-state index in [4.69, 9.17) is 16.2 Å². The topological polar surface area (TPSA) is 120 Å². The number of hydrogen-bond donors (Lipinski definition) is 4. The Bertz CT molecular complexity index is 698. The molecule has 0 unspecified atom stereocenters. The van der Waals surface area contributed by atoms with Crippen LogP contribution in [0.3, 0.4) is 0 Å². The molecule has 0 aliphatic heterocycles. The van der Waals surface area contributed by atoms with Crippen LogP contribution in [0.2, 0.25) is 0 Å². The highest BCUT2D eigenvalue weighted by Crippen LogP contribution is 2.14. The number of unbranched alkanes of at least 4 members (excludes halogenated alkanes) is 26. The second-order valence-corrected chi connectivity index (χ2v) is 13.6. The van der Waals surface area contributed by atoms with Gasteiger partial charge in [-0.15, -0.1) is 0 Å². The fourth-order valence-corrected chi connectivity index (χ4v) is 5.62. The van der Waals surface area contributed by atoms with Crippen molar-refractivity contribution < 1.29 is 14.7 Å². The molecule has 278 valence electrons. The third-order valence-corrected chi connectivity index (χ3v) is 8.74. The van der Waals surface area contributed by atoms with Crippen LogP contribution < -0.4 is 11.1 Å². The number of nitrogens with zero attached hydrogens (tertiary/aromatic N) is 1. The first-order valence-corrected chi connectivity index (χ1v) is 20.0. The number of rotatable bonds is 33. The van der Waals surface area contributed by atoms with Crippen LogP contribution >= 0.6 is 0 Å². The largest absolute Gasteiger partial charge is 0.480 e. The number of aliphatic carboxylic acids is 1. The highest BCUT2D eigenvalue weighted by atomic mass is 16.4. The van der Waals surface area contributed by atoms with Crippen molar-refractivity contribution >= 4 is 17.8 Å². The van der Waals surface area contributed by atoms with E-state index in [9.17, 15) is 9.59 Å². The van der Waals surface area contributed by atoms with E-state index in [2.05, 4.69) is 31.3 Å². The van der Waals surface area contributed by atoms with Crippen molar-refractivity contribution in [2.45, 2.75) is 206 Å². The average molecular weight is 665 g/mol. The van der Waals surface area contributed by atoms with Gasteiger partial charge >= 0.3 is 5.97 Å². The number of hydrogen-bond acceptors (Lipinski definition) is 4. The van der Waals surface area contributed by atoms with Crippen LogP contribution in [0, 0.1) is 5.41 Å². The fraction of sp³-hybridized carbons (Fsp3) is 0.875. The summed E-state index contributed by atoms with van der Waals surface area (Å²) in [6.07, 6.45) is 43.6. The molecule has 0 radical (unpaired) electrons. The van der Waals surface area contributed by atoms with Crippen molar-refractivity contribution in [2.24, 2.45) is 5.73 Å². The van der Waals surface area contributed by atoms with Crippen molar-refractivity contribution in [2.75, 3.05) is 20.1 Å². The predicted molar refractivity (Wildman–Crippen MR) is 204 cm³/mol. The number of nitrogens with one attached hydrogen (secondary N) is 2. The number of carbonyl (C=O) groups is 2. The number of nitrogens with two attached hydrogens (primary N) is 1. The van der Waals surface area contributed by atoms with E-state index in [1.165, 1.54) is 172 Å². The third kappa shape index (κ3) is 42.1. The molecule has 0 rings (SSSR count). The summed E-state index contributed by atoms with van der Waals surface area (Å²) in [6.45, 7) is 5.11. The quantitative estimate of drug-likeness (QED) is 0.0241. The Balaban J connectivity index is 0. The normalized spacial score (nSPS) is 11.0. The Morgan fingerprint density at radius 2 is 0.936 bits per heavy atom. The summed E-state index contributed by atoms with van der Waals surface area (Å²) in [4.78, 5) is 23.5. The highest BCUT2D eigenvalue weighted by molar-refractivity contribution is 5.96. The molecule has 0 aliphatic rings. The monoisotopic (exact) mass is 665 g/mol. The zero-order chi connectivity index (χ0) is 35.1. The lowest BCUT2D eigenvalue weighted by atomic mass is 10.0. The summed E-state index contributed by atoms with van der Waals surface area (Å²) in [5.74, 6) is -1.42. The summed E-state index contributed by atoms with van der Waals surface area (Å²) in [5.41, 5.74) is 5.48. The number of carbonyl (C=O) groups excluding carboxylic acids is 1. The van der Waals surface area contributed by atoms with Gasteiger partial charge in [-0.25, -0.2) is 0 Å². The lowest BCUT2D eigenvalue weighted by Crippen LogP contribution is -2.43. The molecule has 47 heavy (non-hydrogen) atoms. The maximum absolute atomic E-state index is 11.7. The molecule has 0 aromatic carbocycles. The van der Waals surface area contributed by atoms with Crippen LogP contribution in [-0.4, -0.2) is 48.0 Å². The lowest BCUT2D eigenvalue weighted by Gasteiger charge is -2.17. The highest BCUT2D eigenvalue weighted by Gasteiger charge is 2.11. The minimum Gasteiger partial charge on any atom is -0.480 e. The summed E-state index contributed by atoms with van der Waals surface area (Å²) in [7, 11) is 1.47. The van der Waals surface area contributed by atoms with E-state index in [1.54, 1.807) is 0 Å². The van der Waals surface area contributed by atoms with Crippen molar-refractivity contribution in [3.05, 3.63) is 12.2 Å². The Labute approximate surface area is 292 Å². The molecule has 0 saturated heterocycles. The van der Waals surface area contributed by atoms with Gasteiger partial charge in [0.05, 0.1) is 0 Å². The van der Waals surface area contributed by atoms with Gasteiger partial charge in [0.1, 0.15) is 6.54 Å². The van der Waals surface area contributed by atoms with Gasteiger partial charge in [-0.2, -0.15) is 0 Å². The van der Waals surface area contributed by atoms with Gasteiger partial charge in [-0.05, 0) is 45.1 Å². The Morgan fingerprint density at radius 1 is 0.596 bits per heavy atom. The minimum atomic E-state index is -1.03. The average Bonchev–Trinajstić information content (AvgIpc) is 3.04. The lowest BCUT2D eigenvalue weighted by molar-refractivity contribution is -0.137. The number of likely N-dealkylation sites (N-methyl/N-ethyl adjacent to an activating group) is 1.